The lowest BCUT2D eigenvalue weighted by Gasteiger charge is -2.27. The van der Waals surface area contributed by atoms with Gasteiger partial charge in [0, 0.05) is 23.8 Å². The maximum atomic E-state index is 6.08. The van der Waals surface area contributed by atoms with Crippen LogP contribution in [0.1, 0.15) is 57.4 Å². The van der Waals surface area contributed by atoms with Crippen LogP contribution in [0.5, 0.6) is 5.75 Å². The zero-order valence-corrected chi connectivity index (χ0v) is 18.1. The summed E-state index contributed by atoms with van der Waals surface area (Å²) in [6.07, 6.45) is 11.0. The quantitative estimate of drug-likeness (QED) is 0.543. The van der Waals surface area contributed by atoms with E-state index in [1.165, 1.54) is 25.7 Å². The number of ether oxygens (including phenoxy) is 1. The second-order valence-corrected chi connectivity index (χ2v) is 8.77. The minimum absolute atomic E-state index is 0.317. The lowest BCUT2D eigenvalue weighted by atomic mass is 9.92. The molecule has 0 saturated heterocycles. The molecule has 0 radical (unpaired) electrons. The number of benzene rings is 1. The third-order valence-electron chi connectivity index (χ3n) is 6.60. The molecule has 2 heterocycles. The first-order valence-electron chi connectivity index (χ1n) is 11.4. The van der Waals surface area contributed by atoms with Crippen molar-refractivity contribution in [3.05, 3.63) is 30.6 Å². The van der Waals surface area contributed by atoms with Crippen molar-refractivity contribution in [2.24, 2.45) is 5.73 Å². The van der Waals surface area contributed by atoms with E-state index >= 15 is 0 Å². The van der Waals surface area contributed by atoms with Crippen molar-refractivity contribution >= 4 is 28.6 Å². The highest BCUT2D eigenvalue weighted by Crippen LogP contribution is 2.34. The van der Waals surface area contributed by atoms with Crippen LogP contribution in [0, 0.1) is 0 Å². The molecule has 0 amide bonds. The van der Waals surface area contributed by atoms with Gasteiger partial charge in [0.05, 0.1) is 13.4 Å². The molecule has 4 N–H and O–H groups in total. The molecule has 0 aliphatic heterocycles. The first-order valence-corrected chi connectivity index (χ1v) is 11.4. The number of imidazole rings is 1. The summed E-state index contributed by atoms with van der Waals surface area (Å²) in [7, 11) is 1.67. The number of aromatic nitrogens is 4. The van der Waals surface area contributed by atoms with E-state index in [4.69, 9.17) is 25.4 Å². The molecular formula is C23H31N7O. The van der Waals surface area contributed by atoms with Gasteiger partial charge in [-0.1, -0.05) is 12.8 Å². The van der Waals surface area contributed by atoms with Crippen LogP contribution in [0.2, 0.25) is 0 Å². The molecule has 5 rings (SSSR count). The van der Waals surface area contributed by atoms with Crippen molar-refractivity contribution in [3.8, 4) is 5.75 Å². The van der Waals surface area contributed by atoms with Gasteiger partial charge in [-0.25, -0.2) is 4.98 Å². The summed E-state index contributed by atoms with van der Waals surface area (Å²) >= 11 is 0. The molecular weight excluding hydrogens is 390 g/mol. The SMILES string of the molecule is COc1ccc(Nc2nc(N[C@H]3CC[C@H](N)CC3)nc3c2ncn3C2CCCC2)cc1. The maximum Gasteiger partial charge on any atom is 0.227 e. The summed E-state index contributed by atoms with van der Waals surface area (Å²) in [6, 6.07) is 8.97. The first-order chi connectivity index (χ1) is 15.2. The Kier molecular flexibility index (Phi) is 5.63. The number of methoxy groups -OCH3 is 1. The van der Waals surface area contributed by atoms with Crippen LogP contribution in [0.4, 0.5) is 17.5 Å². The van der Waals surface area contributed by atoms with Gasteiger partial charge < -0.3 is 25.7 Å². The van der Waals surface area contributed by atoms with Gasteiger partial charge in [0.1, 0.15) is 5.75 Å². The molecule has 0 atom stereocenters. The molecule has 2 aliphatic carbocycles. The van der Waals surface area contributed by atoms with Gasteiger partial charge in [-0.15, -0.1) is 0 Å². The van der Waals surface area contributed by atoms with Crippen LogP contribution in [-0.4, -0.2) is 38.7 Å². The summed E-state index contributed by atoms with van der Waals surface area (Å²) in [6.45, 7) is 0. The smallest absolute Gasteiger partial charge is 0.227 e. The molecule has 31 heavy (non-hydrogen) atoms. The third kappa shape index (κ3) is 4.30. The van der Waals surface area contributed by atoms with Crippen LogP contribution >= 0.6 is 0 Å². The van der Waals surface area contributed by atoms with E-state index in [2.05, 4.69) is 15.2 Å². The van der Waals surface area contributed by atoms with Crippen molar-refractivity contribution < 1.29 is 4.74 Å². The molecule has 2 saturated carbocycles. The summed E-state index contributed by atoms with van der Waals surface area (Å²) in [5.74, 6) is 2.20. The molecule has 1 aromatic carbocycles. The Morgan fingerprint density at radius 3 is 2.45 bits per heavy atom. The average Bonchev–Trinajstić information content (AvgIpc) is 3.46. The monoisotopic (exact) mass is 421 g/mol. The molecule has 0 spiro atoms. The van der Waals surface area contributed by atoms with Gasteiger partial charge in [-0.3, -0.25) is 0 Å². The summed E-state index contributed by atoms with van der Waals surface area (Å²) in [5.41, 5.74) is 8.72. The second kappa shape index (κ2) is 8.70. The molecule has 0 bridgehead atoms. The molecule has 0 unspecified atom stereocenters. The van der Waals surface area contributed by atoms with E-state index < -0.39 is 0 Å². The molecule has 8 heteroatoms. The van der Waals surface area contributed by atoms with E-state index in [1.807, 2.05) is 30.6 Å². The Bertz CT molecular complexity index is 1020. The summed E-state index contributed by atoms with van der Waals surface area (Å²) in [4.78, 5) is 14.4. The lowest BCUT2D eigenvalue weighted by Crippen LogP contribution is -2.33. The fourth-order valence-corrected chi connectivity index (χ4v) is 4.78. The van der Waals surface area contributed by atoms with E-state index in [-0.39, 0.29) is 0 Å². The minimum Gasteiger partial charge on any atom is -0.497 e. The van der Waals surface area contributed by atoms with Crippen molar-refractivity contribution in [1.82, 2.24) is 19.5 Å². The highest BCUT2D eigenvalue weighted by atomic mass is 16.5. The van der Waals surface area contributed by atoms with Crippen molar-refractivity contribution in [2.75, 3.05) is 17.7 Å². The Balaban J connectivity index is 1.48. The number of nitrogens with two attached hydrogens (primary N) is 1. The molecule has 2 aromatic heterocycles. The van der Waals surface area contributed by atoms with Crippen LogP contribution < -0.4 is 21.1 Å². The number of nitrogens with one attached hydrogen (secondary N) is 2. The molecule has 2 aliphatic rings. The fraction of sp³-hybridized carbons (Fsp3) is 0.522. The van der Waals surface area contributed by atoms with E-state index in [0.717, 1.165) is 54.1 Å². The van der Waals surface area contributed by atoms with Crippen LogP contribution in [-0.2, 0) is 0 Å². The van der Waals surface area contributed by atoms with Crippen molar-refractivity contribution in [1.29, 1.82) is 0 Å². The number of nitrogens with zero attached hydrogens (tertiary/aromatic N) is 4. The summed E-state index contributed by atoms with van der Waals surface area (Å²) in [5, 5.41) is 7.01. The minimum atomic E-state index is 0.317. The van der Waals surface area contributed by atoms with E-state index in [0.29, 0.717) is 24.1 Å². The van der Waals surface area contributed by atoms with Crippen molar-refractivity contribution in [3.63, 3.8) is 0 Å². The largest absolute Gasteiger partial charge is 0.497 e. The van der Waals surface area contributed by atoms with Gasteiger partial charge in [0.15, 0.2) is 17.0 Å². The number of hydrogen-bond donors (Lipinski definition) is 3. The van der Waals surface area contributed by atoms with E-state index in [9.17, 15) is 0 Å². The molecule has 2 fully saturated rings. The number of rotatable bonds is 6. The Morgan fingerprint density at radius 2 is 1.74 bits per heavy atom. The van der Waals surface area contributed by atoms with Gasteiger partial charge >= 0.3 is 0 Å². The zero-order valence-electron chi connectivity index (χ0n) is 18.1. The standard InChI is InChI=1S/C23H31N7O/c1-31-19-12-10-16(11-13-19)26-21-20-22(30(14-25-20)18-4-2-3-5-18)29-23(28-21)27-17-8-6-15(24)7-9-17/h10-15,17-18H,2-9,24H2,1H3,(H2,26,27,28,29)/t15-,17-. The normalized spacial score (nSPS) is 22.0. The molecule has 164 valence electrons. The molecule has 3 aromatic rings. The number of anilines is 3. The highest BCUT2D eigenvalue weighted by Gasteiger charge is 2.24. The van der Waals surface area contributed by atoms with Crippen LogP contribution in [0.3, 0.4) is 0 Å². The van der Waals surface area contributed by atoms with Gasteiger partial charge in [0.25, 0.3) is 0 Å². The van der Waals surface area contributed by atoms with Gasteiger partial charge in [-0.05, 0) is 62.8 Å². The van der Waals surface area contributed by atoms with Crippen LogP contribution in [0.25, 0.3) is 11.2 Å². The number of hydrogen-bond acceptors (Lipinski definition) is 7. The van der Waals surface area contributed by atoms with Gasteiger partial charge in [0.2, 0.25) is 5.95 Å². The number of fused-ring (bicyclic) bond motifs is 1. The Morgan fingerprint density at radius 1 is 1.00 bits per heavy atom. The summed E-state index contributed by atoms with van der Waals surface area (Å²) < 4.78 is 7.51. The zero-order chi connectivity index (χ0) is 21.2. The van der Waals surface area contributed by atoms with Crippen LogP contribution in [0.15, 0.2) is 30.6 Å². The average molecular weight is 422 g/mol. The van der Waals surface area contributed by atoms with E-state index in [1.54, 1.807) is 7.11 Å². The topological polar surface area (TPSA) is 103 Å². The second-order valence-electron chi connectivity index (χ2n) is 8.77. The lowest BCUT2D eigenvalue weighted by molar-refractivity contribution is 0.410. The third-order valence-corrected chi connectivity index (χ3v) is 6.60. The van der Waals surface area contributed by atoms with Crippen molar-refractivity contribution in [2.45, 2.75) is 69.5 Å². The Hall–Kier alpha value is -2.87. The fourth-order valence-electron chi connectivity index (χ4n) is 4.78. The van der Waals surface area contributed by atoms with Gasteiger partial charge in [-0.2, -0.15) is 9.97 Å². The Labute approximate surface area is 182 Å². The molecule has 8 nitrogen and oxygen atoms in total. The first kappa shape index (κ1) is 20.1. The predicted molar refractivity (Wildman–Crippen MR) is 123 cm³/mol. The maximum absolute atomic E-state index is 6.08. The highest BCUT2D eigenvalue weighted by molar-refractivity contribution is 5.86. The predicted octanol–water partition coefficient (Wildman–Crippen LogP) is 4.38.